The Morgan fingerprint density at radius 3 is 2.65 bits per heavy atom. The molecule has 5 nitrogen and oxygen atoms in total. The van der Waals surface area contributed by atoms with E-state index in [1.807, 2.05) is 26.0 Å². The first-order valence-electron chi connectivity index (χ1n) is 7.59. The third-order valence-corrected chi connectivity index (χ3v) is 4.43. The Bertz CT molecular complexity index is 777. The molecule has 0 spiro atoms. The molecule has 3 amide bonds. The molecule has 1 saturated heterocycles. The molecule has 1 unspecified atom stereocenters. The smallest absolute Gasteiger partial charge is 0.259 e. The fraction of sp³-hybridized carbons (Fsp3) is 0.278. The lowest BCUT2D eigenvalue weighted by atomic mass is 9.96. The molecule has 5 heteroatoms. The molecule has 1 fully saturated rings. The van der Waals surface area contributed by atoms with Gasteiger partial charge in [-0.3, -0.25) is 24.6 Å². The van der Waals surface area contributed by atoms with Crippen molar-refractivity contribution in [3.8, 4) is 0 Å². The Kier molecular flexibility index (Phi) is 3.64. The number of hydrogen-bond acceptors (Lipinski definition) is 3. The Balaban J connectivity index is 2.12. The maximum Gasteiger partial charge on any atom is 0.259 e. The van der Waals surface area contributed by atoms with Gasteiger partial charge < -0.3 is 0 Å². The van der Waals surface area contributed by atoms with Gasteiger partial charge in [0.25, 0.3) is 5.91 Å². The van der Waals surface area contributed by atoms with Crippen LogP contribution in [0.25, 0.3) is 11.8 Å². The van der Waals surface area contributed by atoms with Gasteiger partial charge in [0.05, 0.1) is 0 Å². The maximum atomic E-state index is 12.9. The van der Waals surface area contributed by atoms with Crippen LogP contribution in [-0.4, -0.2) is 28.7 Å². The molecular formula is C18H18N2O3. The molecule has 3 rings (SSSR count). The predicted octanol–water partition coefficient (Wildman–Crippen LogP) is 2.26. The Morgan fingerprint density at radius 2 is 2.04 bits per heavy atom. The van der Waals surface area contributed by atoms with Crippen molar-refractivity contribution >= 4 is 29.5 Å². The molecule has 0 bridgehead atoms. The number of imide groups is 1. The number of hydrogen-bond donors (Lipinski definition) is 1. The molecule has 23 heavy (non-hydrogen) atoms. The number of amides is 3. The topological polar surface area (TPSA) is 66.5 Å². The molecular weight excluding hydrogens is 292 g/mol. The fourth-order valence-electron chi connectivity index (χ4n) is 3.32. The average molecular weight is 310 g/mol. The van der Waals surface area contributed by atoms with E-state index >= 15 is 0 Å². The van der Waals surface area contributed by atoms with E-state index in [9.17, 15) is 14.4 Å². The second-order valence-electron chi connectivity index (χ2n) is 5.74. The van der Waals surface area contributed by atoms with Crippen molar-refractivity contribution in [2.24, 2.45) is 0 Å². The lowest BCUT2D eigenvalue weighted by Gasteiger charge is -2.30. The molecule has 2 aliphatic rings. The first kappa shape index (κ1) is 15.2. The number of aryl methyl sites for hydroxylation is 1. The molecule has 0 aliphatic carbocycles. The summed E-state index contributed by atoms with van der Waals surface area (Å²) in [5.74, 6) is -0.913. The van der Waals surface area contributed by atoms with Crippen LogP contribution in [0, 0.1) is 6.92 Å². The van der Waals surface area contributed by atoms with Gasteiger partial charge in [0.1, 0.15) is 6.04 Å². The number of carbonyl (C=O) groups excluding carboxylic acids is 3. The highest BCUT2D eigenvalue weighted by Crippen LogP contribution is 2.39. The summed E-state index contributed by atoms with van der Waals surface area (Å²) in [5.41, 5.74) is 4.02. The first-order valence-corrected chi connectivity index (χ1v) is 7.59. The Morgan fingerprint density at radius 1 is 1.30 bits per heavy atom. The van der Waals surface area contributed by atoms with E-state index in [4.69, 9.17) is 0 Å². The van der Waals surface area contributed by atoms with E-state index in [0.717, 1.165) is 16.7 Å². The second-order valence-corrected chi connectivity index (χ2v) is 5.74. The van der Waals surface area contributed by atoms with Gasteiger partial charge >= 0.3 is 0 Å². The molecule has 1 atom stereocenters. The van der Waals surface area contributed by atoms with E-state index < -0.39 is 11.9 Å². The first-order chi connectivity index (χ1) is 11.0. The van der Waals surface area contributed by atoms with Crippen LogP contribution in [0.3, 0.4) is 0 Å². The summed E-state index contributed by atoms with van der Waals surface area (Å²) in [4.78, 5) is 37.9. The third kappa shape index (κ3) is 2.20. The van der Waals surface area contributed by atoms with Crippen LogP contribution in [-0.2, 0) is 9.59 Å². The number of nitrogens with zero attached hydrogens (tertiary/aromatic N) is 1. The van der Waals surface area contributed by atoms with Gasteiger partial charge in [0.15, 0.2) is 0 Å². The maximum absolute atomic E-state index is 12.9. The highest BCUT2D eigenvalue weighted by molar-refractivity contribution is 6.14. The molecule has 2 aliphatic heterocycles. The molecule has 0 radical (unpaired) electrons. The summed E-state index contributed by atoms with van der Waals surface area (Å²) in [7, 11) is 0. The summed E-state index contributed by atoms with van der Waals surface area (Å²) in [6.45, 7) is 7.65. The largest absolute Gasteiger partial charge is 0.296 e. The number of allylic oxidation sites excluding steroid dienone is 1. The SMILES string of the molecule is C=Cc1c(C)ccc2c1/C(=C\C)N(C1CCC(=O)NC1=O)C2=O. The summed E-state index contributed by atoms with van der Waals surface area (Å²) in [5, 5.41) is 2.32. The Hall–Kier alpha value is -2.69. The van der Waals surface area contributed by atoms with Crippen LogP contribution >= 0.6 is 0 Å². The normalized spacial score (nSPS) is 22.3. The van der Waals surface area contributed by atoms with E-state index in [-0.39, 0.29) is 18.2 Å². The lowest BCUT2D eigenvalue weighted by Crippen LogP contribution is -2.52. The number of nitrogens with one attached hydrogen (secondary N) is 1. The van der Waals surface area contributed by atoms with Gasteiger partial charge in [0, 0.05) is 23.2 Å². The van der Waals surface area contributed by atoms with E-state index in [1.165, 1.54) is 4.90 Å². The zero-order valence-electron chi connectivity index (χ0n) is 13.2. The Labute approximate surface area is 134 Å². The molecule has 118 valence electrons. The molecule has 1 N–H and O–H groups in total. The summed E-state index contributed by atoms with van der Waals surface area (Å²) < 4.78 is 0. The highest BCUT2D eigenvalue weighted by Gasteiger charge is 2.42. The number of carbonyl (C=O) groups is 3. The van der Waals surface area contributed by atoms with Crippen molar-refractivity contribution in [1.29, 1.82) is 0 Å². The number of rotatable bonds is 2. The number of benzene rings is 1. The summed E-state index contributed by atoms with van der Waals surface area (Å²) >= 11 is 0. The van der Waals surface area contributed by atoms with Crippen molar-refractivity contribution in [2.45, 2.75) is 32.7 Å². The minimum Gasteiger partial charge on any atom is -0.296 e. The van der Waals surface area contributed by atoms with Crippen LogP contribution < -0.4 is 5.32 Å². The van der Waals surface area contributed by atoms with Crippen molar-refractivity contribution in [3.63, 3.8) is 0 Å². The van der Waals surface area contributed by atoms with Gasteiger partial charge in [0.2, 0.25) is 11.8 Å². The standard InChI is InChI=1S/C18H18N2O3/c1-4-11-10(3)6-7-12-16(11)13(5-2)20(18(12)23)14-8-9-15(21)19-17(14)22/h4-7,14H,1,8-9H2,2-3H3,(H,19,21,22)/b13-5+. The van der Waals surface area contributed by atoms with Crippen LogP contribution in [0.5, 0.6) is 0 Å². The van der Waals surface area contributed by atoms with Gasteiger partial charge in [-0.2, -0.15) is 0 Å². The molecule has 1 aromatic rings. The second kappa shape index (κ2) is 5.50. The summed E-state index contributed by atoms with van der Waals surface area (Å²) in [6.07, 6.45) is 4.14. The highest BCUT2D eigenvalue weighted by atomic mass is 16.2. The minimum absolute atomic E-state index is 0.203. The van der Waals surface area contributed by atoms with Crippen molar-refractivity contribution in [1.82, 2.24) is 10.2 Å². The van der Waals surface area contributed by atoms with Crippen LogP contribution in [0.15, 0.2) is 24.8 Å². The van der Waals surface area contributed by atoms with E-state index in [1.54, 1.807) is 12.1 Å². The monoisotopic (exact) mass is 310 g/mol. The number of fused-ring (bicyclic) bond motifs is 1. The van der Waals surface area contributed by atoms with Crippen molar-refractivity contribution < 1.29 is 14.4 Å². The van der Waals surface area contributed by atoms with Crippen LogP contribution in [0.4, 0.5) is 0 Å². The molecule has 1 aromatic carbocycles. The van der Waals surface area contributed by atoms with Gasteiger partial charge in [-0.15, -0.1) is 0 Å². The quantitative estimate of drug-likeness (QED) is 0.852. The molecule has 0 aromatic heterocycles. The predicted molar refractivity (Wildman–Crippen MR) is 87.3 cm³/mol. The molecule has 0 saturated carbocycles. The van der Waals surface area contributed by atoms with Gasteiger partial charge in [-0.25, -0.2) is 0 Å². The molecule has 2 heterocycles. The van der Waals surface area contributed by atoms with E-state index in [0.29, 0.717) is 17.7 Å². The average Bonchev–Trinajstić information content (AvgIpc) is 2.80. The number of piperidine rings is 1. The zero-order valence-corrected chi connectivity index (χ0v) is 13.2. The van der Waals surface area contributed by atoms with Crippen molar-refractivity contribution in [3.05, 3.63) is 47.0 Å². The minimum atomic E-state index is -0.656. The summed E-state index contributed by atoms with van der Waals surface area (Å²) in [6, 6.07) is 3.02. The fourth-order valence-corrected chi connectivity index (χ4v) is 3.32. The third-order valence-electron chi connectivity index (χ3n) is 4.43. The lowest BCUT2D eigenvalue weighted by molar-refractivity contribution is -0.136. The van der Waals surface area contributed by atoms with E-state index in [2.05, 4.69) is 11.9 Å². The van der Waals surface area contributed by atoms with Crippen LogP contribution in [0.2, 0.25) is 0 Å². The zero-order chi connectivity index (χ0) is 16.7. The van der Waals surface area contributed by atoms with Crippen molar-refractivity contribution in [2.75, 3.05) is 0 Å². The van der Waals surface area contributed by atoms with Crippen LogP contribution in [0.1, 0.15) is 46.8 Å². The van der Waals surface area contributed by atoms with Gasteiger partial charge in [-0.1, -0.05) is 24.8 Å². The van der Waals surface area contributed by atoms with Gasteiger partial charge in [-0.05, 0) is 37.5 Å².